The average molecular weight is 289 g/mol. The molecule has 0 heterocycles. The predicted octanol–water partition coefficient (Wildman–Crippen LogP) is 3.56. The van der Waals surface area contributed by atoms with E-state index in [1.54, 1.807) is 12.1 Å². The molecule has 4 heteroatoms. The van der Waals surface area contributed by atoms with E-state index in [0.717, 1.165) is 5.75 Å². The largest absolute Gasteiger partial charge is 0.497 e. The molecule has 0 saturated carbocycles. The number of benzene rings is 2. The van der Waals surface area contributed by atoms with Gasteiger partial charge in [0.15, 0.2) is 0 Å². The standard InChI is InChI=1S/C17H20FNO2/c1-13(16-9-8-15(20-2)12-17(16)18)19-10-11-21-14-6-4-3-5-7-14/h3-9,12-13,19H,10-11H2,1-2H3. The third-order valence-corrected chi connectivity index (χ3v) is 3.24. The van der Waals surface area contributed by atoms with Gasteiger partial charge in [0.05, 0.1) is 7.11 Å². The van der Waals surface area contributed by atoms with Gasteiger partial charge in [-0.15, -0.1) is 0 Å². The number of hydrogen-bond donors (Lipinski definition) is 1. The molecule has 0 spiro atoms. The summed E-state index contributed by atoms with van der Waals surface area (Å²) in [6.45, 7) is 3.10. The van der Waals surface area contributed by atoms with Crippen LogP contribution in [0.25, 0.3) is 0 Å². The van der Waals surface area contributed by atoms with Crippen molar-refractivity contribution in [1.82, 2.24) is 5.32 Å². The minimum absolute atomic E-state index is 0.0877. The summed E-state index contributed by atoms with van der Waals surface area (Å²) in [5.41, 5.74) is 0.621. The number of ether oxygens (including phenoxy) is 2. The molecule has 2 rings (SSSR count). The van der Waals surface area contributed by atoms with Crippen molar-refractivity contribution in [2.45, 2.75) is 13.0 Å². The van der Waals surface area contributed by atoms with Crippen LogP contribution in [-0.2, 0) is 0 Å². The van der Waals surface area contributed by atoms with Crippen molar-refractivity contribution in [3.8, 4) is 11.5 Å². The highest BCUT2D eigenvalue weighted by molar-refractivity contribution is 5.30. The molecule has 3 nitrogen and oxygen atoms in total. The fourth-order valence-corrected chi connectivity index (χ4v) is 2.06. The molecule has 0 bridgehead atoms. The van der Waals surface area contributed by atoms with Gasteiger partial charge in [0, 0.05) is 24.2 Å². The van der Waals surface area contributed by atoms with E-state index < -0.39 is 0 Å². The summed E-state index contributed by atoms with van der Waals surface area (Å²) in [6, 6.07) is 14.4. The molecule has 0 aromatic heterocycles. The second-order valence-electron chi connectivity index (χ2n) is 4.72. The summed E-state index contributed by atoms with van der Waals surface area (Å²) >= 11 is 0. The van der Waals surface area contributed by atoms with Crippen molar-refractivity contribution >= 4 is 0 Å². The predicted molar refractivity (Wildman–Crippen MR) is 81.3 cm³/mol. The van der Waals surface area contributed by atoms with E-state index in [9.17, 15) is 4.39 Å². The van der Waals surface area contributed by atoms with Crippen molar-refractivity contribution in [3.63, 3.8) is 0 Å². The number of methoxy groups -OCH3 is 1. The first-order valence-electron chi connectivity index (χ1n) is 6.95. The van der Waals surface area contributed by atoms with Crippen LogP contribution < -0.4 is 14.8 Å². The van der Waals surface area contributed by atoms with Crippen molar-refractivity contribution in [2.24, 2.45) is 0 Å². The number of rotatable bonds is 7. The minimum atomic E-state index is -0.265. The SMILES string of the molecule is COc1ccc(C(C)NCCOc2ccccc2)c(F)c1. The number of para-hydroxylation sites is 1. The van der Waals surface area contributed by atoms with Gasteiger partial charge in [-0.05, 0) is 25.1 Å². The zero-order valence-electron chi connectivity index (χ0n) is 12.3. The summed E-state index contributed by atoms with van der Waals surface area (Å²) in [6.07, 6.45) is 0. The fourth-order valence-electron chi connectivity index (χ4n) is 2.06. The van der Waals surface area contributed by atoms with Crippen molar-refractivity contribution < 1.29 is 13.9 Å². The molecule has 0 radical (unpaired) electrons. The molecule has 1 N–H and O–H groups in total. The zero-order valence-corrected chi connectivity index (χ0v) is 12.3. The molecular weight excluding hydrogens is 269 g/mol. The molecule has 0 saturated heterocycles. The van der Waals surface area contributed by atoms with Gasteiger partial charge < -0.3 is 14.8 Å². The first-order valence-corrected chi connectivity index (χ1v) is 6.95. The van der Waals surface area contributed by atoms with Gasteiger partial charge >= 0.3 is 0 Å². The van der Waals surface area contributed by atoms with Gasteiger partial charge in [-0.1, -0.05) is 24.3 Å². The number of nitrogens with one attached hydrogen (secondary N) is 1. The van der Waals surface area contributed by atoms with Crippen LogP contribution in [0.5, 0.6) is 11.5 Å². The molecule has 1 atom stereocenters. The fraction of sp³-hybridized carbons (Fsp3) is 0.294. The van der Waals surface area contributed by atoms with E-state index in [1.807, 2.05) is 37.3 Å². The Kier molecular flexibility index (Phi) is 5.58. The van der Waals surface area contributed by atoms with E-state index >= 15 is 0 Å². The Bertz CT molecular complexity index is 560. The quantitative estimate of drug-likeness (QED) is 0.791. The van der Waals surface area contributed by atoms with Crippen molar-refractivity contribution in [2.75, 3.05) is 20.3 Å². The summed E-state index contributed by atoms with van der Waals surface area (Å²) in [5.74, 6) is 1.09. The maximum atomic E-state index is 13.9. The highest BCUT2D eigenvalue weighted by Crippen LogP contribution is 2.21. The Morgan fingerprint density at radius 1 is 1.10 bits per heavy atom. The van der Waals surface area contributed by atoms with Crippen molar-refractivity contribution in [1.29, 1.82) is 0 Å². The first-order chi connectivity index (χ1) is 10.2. The lowest BCUT2D eigenvalue weighted by atomic mass is 10.1. The lowest BCUT2D eigenvalue weighted by molar-refractivity contribution is 0.306. The van der Waals surface area contributed by atoms with Gasteiger partial charge in [0.2, 0.25) is 0 Å². The maximum Gasteiger partial charge on any atom is 0.131 e. The van der Waals surface area contributed by atoms with Crippen LogP contribution in [0, 0.1) is 5.82 Å². The Balaban J connectivity index is 1.80. The first kappa shape index (κ1) is 15.3. The van der Waals surface area contributed by atoms with E-state index in [0.29, 0.717) is 24.5 Å². The summed E-state index contributed by atoms with van der Waals surface area (Å²) < 4.78 is 24.5. The van der Waals surface area contributed by atoms with Crippen LogP contribution >= 0.6 is 0 Å². The Hall–Kier alpha value is -2.07. The monoisotopic (exact) mass is 289 g/mol. The molecule has 0 aliphatic rings. The number of halogens is 1. The van der Waals surface area contributed by atoms with Crippen molar-refractivity contribution in [3.05, 3.63) is 59.9 Å². The van der Waals surface area contributed by atoms with Crippen LogP contribution in [0.15, 0.2) is 48.5 Å². The van der Waals surface area contributed by atoms with Gasteiger partial charge in [0.1, 0.15) is 23.9 Å². The molecule has 2 aromatic carbocycles. The van der Waals surface area contributed by atoms with E-state index in [2.05, 4.69) is 5.32 Å². The second-order valence-corrected chi connectivity index (χ2v) is 4.72. The Labute approximate surface area is 124 Å². The Morgan fingerprint density at radius 3 is 2.52 bits per heavy atom. The van der Waals surface area contributed by atoms with Crippen LogP contribution in [-0.4, -0.2) is 20.3 Å². The third-order valence-electron chi connectivity index (χ3n) is 3.24. The van der Waals surface area contributed by atoms with Crippen LogP contribution in [0.2, 0.25) is 0 Å². The Morgan fingerprint density at radius 2 is 1.86 bits per heavy atom. The third kappa shape index (κ3) is 4.46. The second kappa shape index (κ2) is 7.64. The van der Waals surface area contributed by atoms with Crippen LogP contribution in [0.1, 0.15) is 18.5 Å². The summed E-state index contributed by atoms with van der Waals surface area (Å²) in [5, 5.41) is 3.24. The molecule has 0 aliphatic heterocycles. The maximum absolute atomic E-state index is 13.9. The lowest BCUT2D eigenvalue weighted by Gasteiger charge is -2.16. The van der Waals surface area contributed by atoms with Gasteiger partial charge in [-0.2, -0.15) is 0 Å². The summed E-state index contributed by atoms with van der Waals surface area (Å²) in [7, 11) is 1.52. The average Bonchev–Trinajstić information content (AvgIpc) is 2.52. The molecule has 21 heavy (non-hydrogen) atoms. The summed E-state index contributed by atoms with van der Waals surface area (Å²) in [4.78, 5) is 0. The minimum Gasteiger partial charge on any atom is -0.497 e. The van der Waals surface area contributed by atoms with Gasteiger partial charge in [0.25, 0.3) is 0 Å². The van der Waals surface area contributed by atoms with E-state index in [4.69, 9.17) is 9.47 Å². The highest BCUT2D eigenvalue weighted by Gasteiger charge is 2.11. The highest BCUT2D eigenvalue weighted by atomic mass is 19.1. The van der Waals surface area contributed by atoms with Crippen LogP contribution in [0.4, 0.5) is 4.39 Å². The molecular formula is C17H20FNO2. The van der Waals surface area contributed by atoms with E-state index in [-0.39, 0.29) is 11.9 Å². The normalized spacial score (nSPS) is 12.0. The molecule has 0 fully saturated rings. The molecule has 0 aliphatic carbocycles. The topological polar surface area (TPSA) is 30.5 Å². The molecule has 2 aromatic rings. The number of hydrogen-bond acceptors (Lipinski definition) is 3. The molecule has 1 unspecified atom stereocenters. The molecule has 0 amide bonds. The van der Waals surface area contributed by atoms with Crippen LogP contribution in [0.3, 0.4) is 0 Å². The van der Waals surface area contributed by atoms with E-state index in [1.165, 1.54) is 13.2 Å². The molecule has 112 valence electrons. The lowest BCUT2D eigenvalue weighted by Crippen LogP contribution is -2.25. The smallest absolute Gasteiger partial charge is 0.131 e. The zero-order chi connectivity index (χ0) is 15.1. The van der Waals surface area contributed by atoms with Gasteiger partial charge in [-0.25, -0.2) is 4.39 Å². The van der Waals surface area contributed by atoms with Gasteiger partial charge in [-0.3, -0.25) is 0 Å².